The van der Waals surface area contributed by atoms with Crippen LogP contribution in [0.4, 0.5) is 5.13 Å². The zero-order chi connectivity index (χ0) is 8.39. The molecule has 0 aromatic carbocycles. The number of aromatic nitrogens is 1. The molecule has 1 fully saturated rings. The van der Waals surface area contributed by atoms with Crippen molar-refractivity contribution in [1.29, 1.82) is 0 Å². The lowest BCUT2D eigenvalue weighted by Crippen LogP contribution is -1.96. The van der Waals surface area contributed by atoms with E-state index in [1.165, 1.54) is 18.5 Å². The lowest BCUT2D eigenvalue weighted by Gasteiger charge is -1.94. The summed E-state index contributed by atoms with van der Waals surface area (Å²) in [5, 5.41) is 6.37. The first-order valence-electron chi connectivity index (χ1n) is 4.20. The number of hydrogen-bond acceptors (Lipinski definition) is 3. The lowest BCUT2D eigenvalue weighted by molar-refractivity contribution is 1.05. The van der Waals surface area contributed by atoms with Crippen LogP contribution >= 0.6 is 11.3 Å². The summed E-state index contributed by atoms with van der Waals surface area (Å²) >= 11 is 1.69. The predicted molar refractivity (Wildman–Crippen MR) is 52.8 cm³/mol. The predicted octanol–water partition coefficient (Wildman–Crippen LogP) is 2.62. The summed E-state index contributed by atoms with van der Waals surface area (Å²) < 4.78 is 0. The van der Waals surface area contributed by atoms with E-state index in [4.69, 9.17) is 0 Å². The maximum atomic E-state index is 4.47. The van der Waals surface area contributed by atoms with Gasteiger partial charge in [0.25, 0.3) is 0 Å². The average Bonchev–Trinajstić information content (AvgIpc) is 2.83. The molecule has 64 valence electrons. The Kier molecular flexibility index (Phi) is 2.13. The van der Waals surface area contributed by atoms with Crippen LogP contribution in [0.2, 0.25) is 0 Å². The van der Waals surface area contributed by atoms with Crippen molar-refractivity contribution < 1.29 is 0 Å². The van der Waals surface area contributed by atoms with Crippen LogP contribution in [0.3, 0.4) is 0 Å². The van der Waals surface area contributed by atoms with Crippen molar-refractivity contribution in [1.82, 2.24) is 4.98 Å². The zero-order valence-electron chi connectivity index (χ0n) is 6.92. The molecule has 1 saturated carbocycles. The first kappa shape index (κ1) is 7.80. The molecule has 0 amide bonds. The van der Waals surface area contributed by atoms with Gasteiger partial charge in [-0.2, -0.15) is 0 Å². The Labute approximate surface area is 76.3 Å². The van der Waals surface area contributed by atoms with E-state index in [9.17, 15) is 0 Å². The SMILES string of the molecule is C=CCNc1nc(C2CC2)cs1. The maximum absolute atomic E-state index is 4.47. The Morgan fingerprint density at radius 1 is 1.75 bits per heavy atom. The minimum absolute atomic E-state index is 0.764. The van der Waals surface area contributed by atoms with E-state index in [1.807, 2.05) is 6.08 Å². The van der Waals surface area contributed by atoms with Crippen LogP contribution in [0.5, 0.6) is 0 Å². The molecule has 1 aromatic heterocycles. The van der Waals surface area contributed by atoms with Crippen LogP contribution in [0.1, 0.15) is 24.5 Å². The molecule has 0 atom stereocenters. The first-order valence-corrected chi connectivity index (χ1v) is 5.08. The van der Waals surface area contributed by atoms with Crippen LogP contribution in [-0.2, 0) is 0 Å². The van der Waals surface area contributed by atoms with Gasteiger partial charge in [0, 0.05) is 17.8 Å². The van der Waals surface area contributed by atoms with Crippen molar-refractivity contribution in [3.63, 3.8) is 0 Å². The minimum Gasteiger partial charge on any atom is -0.358 e. The Hall–Kier alpha value is -0.830. The van der Waals surface area contributed by atoms with Crippen LogP contribution in [-0.4, -0.2) is 11.5 Å². The monoisotopic (exact) mass is 180 g/mol. The Morgan fingerprint density at radius 2 is 2.58 bits per heavy atom. The van der Waals surface area contributed by atoms with Gasteiger partial charge >= 0.3 is 0 Å². The summed E-state index contributed by atoms with van der Waals surface area (Å²) in [5.41, 5.74) is 1.27. The Morgan fingerprint density at radius 3 is 3.25 bits per heavy atom. The standard InChI is InChI=1S/C9H12N2S/c1-2-5-10-9-11-8(6-12-9)7-3-4-7/h2,6-7H,1,3-5H2,(H,10,11). The fraction of sp³-hybridized carbons (Fsp3) is 0.444. The van der Waals surface area contributed by atoms with Gasteiger partial charge in [0.15, 0.2) is 5.13 Å². The summed E-state index contributed by atoms with van der Waals surface area (Å²) in [4.78, 5) is 4.47. The van der Waals surface area contributed by atoms with E-state index >= 15 is 0 Å². The highest BCUT2D eigenvalue weighted by molar-refractivity contribution is 7.13. The van der Waals surface area contributed by atoms with Gasteiger partial charge in [-0.1, -0.05) is 6.08 Å². The third-order valence-corrected chi connectivity index (χ3v) is 2.73. The summed E-state index contributed by atoms with van der Waals surface area (Å²) in [5.74, 6) is 0.764. The first-order chi connectivity index (χ1) is 5.90. The van der Waals surface area contributed by atoms with E-state index in [-0.39, 0.29) is 0 Å². The number of anilines is 1. The second kappa shape index (κ2) is 3.27. The molecule has 1 N–H and O–H groups in total. The molecule has 1 aromatic rings. The molecule has 0 radical (unpaired) electrons. The molecule has 1 aliphatic rings. The molecule has 1 aliphatic carbocycles. The van der Waals surface area contributed by atoms with Crippen LogP contribution in [0, 0.1) is 0 Å². The van der Waals surface area contributed by atoms with Crippen molar-refractivity contribution in [2.45, 2.75) is 18.8 Å². The van der Waals surface area contributed by atoms with E-state index in [1.54, 1.807) is 11.3 Å². The van der Waals surface area contributed by atoms with E-state index in [0.717, 1.165) is 17.6 Å². The Bertz CT molecular complexity index is 276. The van der Waals surface area contributed by atoms with Crippen molar-refractivity contribution in [3.05, 3.63) is 23.7 Å². The van der Waals surface area contributed by atoms with Crippen molar-refractivity contribution >= 4 is 16.5 Å². The van der Waals surface area contributed by atoms with Crippen LogP contribution in [0.25, 0.3) is 0 Å². The maximum Gasteiger partial charge on any atom is 0.183 e. The second-order valence-electron chi connectivity index (χ2n) is 3.02. The Balaban J connectivity index is 1.98. The summed E-state index contributed by atoms with van der Waals surface area (Å²) in [6.07, 6.45) is 4.49. The summed E-state index contributed by atoms with van der Waals surface area (Å²) in [6.45, 7) is 4.45. The van der Waals surface area contributed by atoms with Gasteiger partial charge in [0.1, 0.15) is 0 Å². The number of rotatable bonds is 4. The molecular weight excluding hydrogens is 168 g/mol. The molecular formula is C9H12N2S. The normalized spacial score (nSPS) is 16.0. The molecule has 3 heteroatoms. The molecule has 12 heavy (non-hydrogen) atoms. The van der Waals surface area contributed by atoms with E-state index < -0.39 is 0 Å². The largest absolute Gasteiger partial charge is 0.358 e. The van der Waals surface area contributed by atoms with Crippen LogP contribution < -0.4 is 5.32 Å². The van der Waals surface area contributed by atoms with Gasteiger partial charge < -0.3 is 5.32 Å². The number of hydrogen-bond donors (Lipinski definition) is 1. The number of nitrogens with one attached hydrogen (secondary N) is 1. The highest BCUT2D eigenvalue weighted by Crippen LogP contribution is 2.40. The third-order valence-electron chi connectivity index (χ3n) is 1.92. The third kappa shape index (κ3) is 1.67. The molecule has 2 nitrogen and oxygen atoms in total. The number of thiazole rings is 1. The van der Waals surface area contributed by atoms with E-state index in [0.29, 0.717) is 0 Å². The smallest absolute Gasteiger partial charge is 0.183 e. The molecule has 0 bridgehead atoms. The highest BCUT2D eigenvalue weighted by atomic mass is 32.1. The fourth-order valence-corrected chi connectivity index (χ4v) is 1.90. The van der Waals surface area contributed by atoms with Crippen molar-refractivity contribution in [3.8, 4) is 0 Å². The van der Waals surface area contributed by atoms with Crippen LogP contribution in [0.15, 0.2) is 18.0 Å². The van der Waals surface area contributed by atoms with Gasteiger partial charge in [0.05, 0.1) is 5.69 Å². The fourth-order valence-electron chi connectivity index (χ4n) is 1.09. The summed E-state index contributed by atoms with van der Waals surface area (Å²) in [7, 11) is 0. The van der Waals surface area contributed by atoms with Crippen molar-refractivity contribution in [2.24, 2.45) is 0 Å². The highest BCUT2D eigenvalue weighted by Gasteiger charge is 2.25. The zero-order valence-corrected chi connectivity index (χ0v) is 7.73. The van der Waals surface area contributed by atoms with Gasteiger partial charge in [-0.05, 0) is 12.8 Å². The van der Waals surface area contributed by atoms with Gasteiger partial charge in [-0.3, -0.25) is 0 Å². The molecule has 0 spiro atoms. The van der Waals surface area contributed by atoms with Gasteiger partial charge in [-0.15, -0.1) is 17.9 Å². The average molecular weight is 180 g/mol. The van der Waals surface area contributed by atoms with E-state index in [2.05, 4.69) is 22.3 Å². The van der Waals surface area contributed by atoms with Crippen molar-refractivity contribution in [2.75, 3.05) is 11.9 Å². The van der Waals surface area contributed by atoms with Gasteiger partial charge in [-0.25, -0.2) is 4.98 Å². The molecule has 0 unspecified atom stereocenters. The quantitative estimate of drug-likeness (QED) is 0.720. The number of nitrogens with zero attached hydrogens (tertiary/aromatic N) is 1. The molecule has 0 saturated heterocycles. The minimum atomic E-state index is 0.764. The molecule has 0 aliphatic heterocycles. The van der Waals surface area contributed by atoms with Gasteiger partial charge in [0.2, 0.25) is 0 Å². The lowest BCUT2D eigenvalue weighted by atomic mass is 10.3. The topological polar surface area (TPSA) is 24.9 Å². The second-order valence-corrected chi connectivity index (χ2v) is 3.88. The summed E-state index contributed by atoms with van der Waals surface area (Å²) in [6, 6.07) is 0. The molecule has 2 rings (SSSR count). The molecule has 1 heterocycles.